The Hall–Kier alpha value is -2.40. The number of nitrogens with one attached hydrogen (secondary N) is 1. The van der Waals surface area contributed by atoms with Crippen molar-refractivity contribution in [2.24, 2.45) is 0 Å². The molecule has 0 fully saturated rings. The van der Waals surface area contributed by atoms with Gasteiger partial charge in [-0.05, 0) is 55.0 Å². The summed E-state index contributed by atoms with van der Waals surface area (Å²) in [6.07, 6.45) is 0. The van der Waals surface area contributed by atoms with E-state index >= 15 is 0 Å². The van der Waals surface area contributed by atoms with E-state index in [2.05, 4.69) is 15.5 Å². The summed E-state index contributed by atoms with van der Waals surface area (Å²) in [4.78, 5) is 0. The largest absolute Gasteiger partial charge is 0.419 e. The molecule has 0 aliphatic rings. The highest BCUT2D eigenvalue weighted by Gasteiger charge is 2.09. The Balaban J connectivity index is 1.70. The zero-order chi connectivity index (χ0) is 15.5. The van der Waals surface area contributed by atoms with Gasteiger partial charge in [0.2, 0.25) is 11.8 Å². The highest BCUT2D eigenvalue weighted by Crippen LogP contribution is 2.21. The third-order valence-electron chi connectivity index (χ3n) is 3.18. The maximum Gasteiger partial charge on any atom is 0.247 e. The lowest BCUT2D eigenvalue weighted by Gasteiger charge is -2.07. The molecular weight excluding hydrogens is 305 g/mol. The van der Waals surface area contributed by atoms with Crippen molar-refractivity contribution in [2.45, 2.75) is 13.5 Å². The summed E-state index contributed by atoms with van der Waals surface area (Å²) >= 11 is 5.92. The van der Waals surface area contributed by atoms with E-state index in [0.29, 0.717) is 28.9 Å². The first-order valence-electron chi connectivity index (χ1n) is 6.70. The predicted molar refractivity (Wildman–Crippen MR) is 83.2 cm³/mol. The topological polar surface area (TPSA) is 51.0 Å². The van der Waals surface area contributed by atoms with Gasteiger partial charge in [-0.25, -0.2) is 4.39 Å². The van der Waals surface area contributed by atoms with Crippen LogP contribution in [-0.4, -0.2) is 10.2 Å². The Labute approximate surface area is 131 Å². The maximum atomic E-state index is 12.9. The van der Waals surface area contributed by atoms with E-state index in [1.807, 2.05) is 25.1 Å². The van der Waals surface area contributed by atoms with Crippen molar-refractivity contribution < 1.29 is 8.81 Å². The molecular formula is C16H13ClFN3O. The zero-order valence-corrected chi connectivity index (χ0v) is 12.6. The lowest BCUT2D eigenvalue weighted by atomic mass is 10.2. The van der Waals surface area contributed by atoms with E-state index in [-0.39, 0.29) is 5.82 Å². The van der Waals surface area contributed by atoms with E-state index in [0.717, 1.165) is 11.3 Å². The number of hydrogen-bond acceptors (Lipinski definition) is 4. The van der Waals surface area contributed by atoms with Gasteiger partial charge in [0, 0.05) is 16.3 Å². The van der Waals surface area contributed by atoms with Crippen molar-refractivity contribution >= 4 is 17.3 Å². The monoisotopic (exact) mass is 317 g/mol. The lowest BCUT2D eigenvalue weighted by Crippen LogP contribution is -2.01. The number of aryl methyl sites for hydroxylation is 1. The van der Waals surface area contributed by atoms with Crippen molar-refractivity contribution in [3.63, 3.8) is 0 Å². The van der Waals surface area contributed by atoms with E-state index < -0.39 is 0 Å². The van der Waals surface area contributed by atoms with Crippen molar-refractivity contribution in [1.82, 2.24) is 10.2 Å². The standard InChI is InChI=1S/C16H13ClFN3O/c1-10-8-12(17)4-7-14(10)19-9-15-20-21-16(22-15)11-2-5-13(18)6-3-11/h2-8,19H,9H2,1H3. The van der Waals surface area contributed by atoms with Crippen LogP contribution in [0.15, 0.2) is 46.9 Å². The summed E-state index contributed by atoms with van der Waals surface area (Å²) in [6.45, 7) is 2.36. The van der Waals surface area contributed by atoms with Gasteiger partial charge >= 0.3 is 0 Å². The first-order chi connectivity index (χ1) is 10.6. The van der Waals surface area contributed by atoms with E-state index in [1.54, 1.807) is 12.1 Å². The van der Waals surface area contributed by atoms with Crippen LogP contribution in [0, 0.1) is 12.7 Å². The van der Waals surface area contributed by atoms with Gasteiger partial charge in [-0.3, -0.25) is 0 Å². The van der Waals surface area contributed by atoms with Gasteiger partial charge in [-0.15, -0.1) is 10.2 Å². The molecule has 0 saturated heterocycles. The molecule has 0 aliphatic carbocycles. The maximum absolute atomic E-state index is 12.9. The fourth-order valence-electron chi connectivity index (χ4n) is 2.03. The summed E-state index contributed by atoms with van der Waals surface area (Å²) < 4.78 is 18.5. The Morgan fingerprint density at radius 2 is 1.91 bits per heavy atom. The molecule has 4 nitrogen and oxygen atoms in total. The Morgan fingerprint density at radius 1 is 1.14 bits per heavy atom. The second-order valence-corrected chi connectivity index (χ2v) is 5.26. The van der Waals surface area contributed by atoms with Crippen molar-refractivity contribution in [2.75, 3.05) is 5.32 Å². The van der Waals surface area contributed by atoms with Crippen LogP contribution in [0.2, 0.25) is 5.02 Å². The van der Waals surface area contributed by atoms with Crippen LogP contribution < -0.4 is 5.32 Å². The van der Waals surface area contributed by atoms with Gasteiger partial charge in [0.25, 0.3) is 0 Å². The molecule has 0 spiro atoms. The number of halogens is 2. The number of hydrogen-bond donors (Lipinski definition) is 1. The molecule has 0 atom stereocenters. The number of benzene rings is 2. The smallest absolute Gasteiger partial charge is 0.247 e. The summed E-state index contributed by atoms with van der Waals surface area (Å²) in [6, 6.07) is 11.5. The zero-order valence-electron chi connectivity index (χ0n) is 11.8. The lowest BCUT2D eigenvalue weighted by molar-refractivity contribution is 0.515. The van der Waals surface area contributed by atoms with Gasteiger partial charge in [-0.1, -0.05) is 11.6 Å². The van der Waals surface area contributed by atoms with Crippen molar-refractivity contribution in [1.29, 1.82) is 0 Å². The first kappa shape index (κ1) is 14.5. The molecule has 1 heterocycles. The third kappa shape index (κ3) is 3.26. The van der Waals surface area contributed by atoms with E-state index in [1.165, 1.54) is 12.1 Å². The molecule has 1 aromatic heterocycles. The third-order valence-corrected chi connectivity index (χ3v) is 3.41. The van der Waals surface area contributed by atoms with Crippen LogP contribution in [0.25, 0.3) is 11.5 Å². The van der Waals surface area contributed by atoms with Crippen LogP contribution in [0.4, 0.5) is 10.1 Å². The first-order valence-corrected chi connectivity index (χ1v) is 7.08. The number of aromatic nitrogens is 2. The fourth-order valence-corrected chi connectivity index (χ4v) is 2.26. The number of anilines is 1. The molecule has 6 heteroatoms. The summed E-state index contributed by atoms with van der Waals surface area (Å²) in [5, 5.41) is 11.9. The minimum atomic E-state index is -0.302. The van der Waals surface area contributed by atoms with Crippen LogP contribution in [0.5, 0.6) is 0 Å². The van der Waals surface area contributed by atoms with Crippen LogP contribution in [0.3, 0.4) is 0 Å². The minimum Gasteiger partial charge on any atom is -0.419 e. The molecule has 0 aliphatic heterocycles. The Morgan fingerprint density at radius 3 is 2.64 bits per heavy atom. The fraction of sp³-hybridized carbons (Fsp3) is 0.125. The Kier molecular flexibility index (Phi) is 4.06. The SMILES string of the molecule is Cc1cc(Cl)ccc1NCc1nnc(-c2ccc(F)cc2)o1. The van der Waals surface area contributed by atoms with Gasteiger partial charge in [0.05, 0.1) is 6.54 Å². The second-order valence-electron chi connectivity index (χ2n) is 4.82. The second kappa shape index (κ2) is 6.15. The average Bonchev–Trinajstić information content (AvgIpc) is 2.96. The van der Waals surface area contributed by atoms with Crippen molar-refractivity contribution in [3.8, 4) is 11.5 Å². The molecule has 0 amide bonds. The molecule has 0 bridgehead atoms. The molecule has 3 aromatic rings. The summed E-state index contributed by atoms with van der Waals surface area (Å²) in [7, 11) is 0. The molecule has 2 aromatic carbocycles. The summed E-state index contributed by atoms with van der Waals surface area (Å²) in [5.41, 5.74) is 2.67. The van der Waals surface area contributed by atoms with Crippen LogP contribution in [-0.2, 0) is 6.54 Å². The normalized spacial score (nSPS) is 10.7. The molecule has 112 valence electrons. The highest BCUT2D eigenvalue weighted by atomic mass is 35.5. The minimum absolute atomic E-state index is 0.302. The average molecular weight is 318 g/mol. The number of nitrogens with zero attached hydrogens (tertiary/aromatic N) is 2. The van der Waals surface area contributed by atoms with E-state index in [9.17, 15) is 4.39 Å². The molecule has 3 rings (SSSR count). The number of rotatable bonds is 4. The van der Waals surface area contributed by atoms with Gasteiger partial charge in [0.15, 0.2) is 0 Å². The molecule has 1 N–H and O–H groups in total. The predicted octanol–water partition coefficient (Wildman–Crippen LogP) is 4.45. The van der Waals surface area contributed by atoms with Gasteiger partial charge < -0.3 is 9.73 Å². The summed E-state index contributed by atoms with van der Waals surface area (Å²) in [5.74, 6) is 0.515. The molecule has 0 radical (unpaired) electrons. The quantitative estimate of drug-likeness (QED) is 0.772. The van der Waals surface area contributed by atoms with Crippen LogP contribution in [0.1, 0.15) is 11.5 Å². The van der Waals surface area contributed by atoms with E-state index in [4.69, 9.17) is 16.0 Å². The van der Waals surface area contributed by atoms with Crippen molar-refractivity contribution in [3.05, 3.63) is 64.8 Å². The Bertz CT molecular complexity index is 786. The van der Waals surface area contributed by atoms with Gasteiger partial charge in [0.1, 0.15) is 5.82 Å². The van der Waals surface area contributed by atoms with Gasteiger partial charge in [-0.2, -0.15) is 0 Å². The molecule has 22 heavy (non-hydrogen) atoms. The molecule has 0 unspecified atom stereocenters. The van der Waals surface area contributed by atoms with Crippen LogP contribution >= 0.6 is 11.6 Å². The highest BCUT2D eigenvalue weighted by molar-refractivity contribution is 6.30. The molecule has 0 saturated carbocycles.